The molecule has 0 saturated carbocycles. The van der Waals surface area contributed by atoms with Gasteiger partial charge in [-0.05, 0) is 18.6 Å². The molecule has 1 unspecified atom stereocenters. The number of hydrogen-bond donors (Lipinski definition) is 2. The minimum absolute atomic E-state index is 0.128. The molecule has 0 bridgehead atoms. The van der Waals surface area contributed by atoms with Gasteiger partial charge in [0.15, 0.2) is 0 Å². The lowest BCUT2D eigenvalue weighted by Gasteiger charge is -2.15. The Hall–Kier alpha value is -1.56. The second-order valence-corrected chi connectivity index (χ2v) is 3.93. The molecule has 0 aliphatic heterocycles. The largest absolute Gasteiger partial charge is 0.392 e. The first kappa shape index (κ1) is 13.5. The number of benzene rings is 1. The molecule has 1 amide bonds. The Balaban J connectivity index is 2.86. The topological polar surface area (TPSA) is 55.1 Å². The standard InChI is InChI=1S/C11H12F2N2OS/c1-2-9(10(14)17)15-11(16)7-4-3-6(12)5-8(7)13/h3-5,9H,2H2,1H3,(H2,14,17)(H,15,16). The lowest BCUT2D eigenvalue weighted by atomic mass is 10.1. The summed E-state index contributed by atoms with van der Waals surface area (Å²) in [5.74, 6) is -2.32. The van der Waals surface area contributed by atoms with Gasteiger partial charge in [-0.3, -0.25) is 4.79 Å². The quantitative estimate of drug-likeness (QED) is 0.809. The Kier molecular flexibility index (Phi) is 4.51. The number of rotatable bonds is 4. The Morgan fingerprint density at radius 1 is 1.53 bits per heavy atom. The van der Waals surface area contributed by atoms with E-state index < -0.39 is 23.6 Å². The second kappa shape index (κ2) is 5.67. The van der Waals surface area contributed by atoms with E-state index in [1.54, 1.807) is 6.92 Å². The third-order valence-corrected chi connectivity index (χ3v) is 2.52. The predicted octanol–water partition coefficient (Wildman–Crippen LogP) is 1.76. The number of hydrogen-bond acceptors (Lipinski definition) is 2. The van der Waals surface area contributed by atoms with Gasteiger partial charge >= 0.3 is 0 Å². The van der Waals surface area contributed by atoms with Gasteiger partial charge in [0.1, 0.15) is 11.6 Å². The fourth-order valence-electron chi connectivity index (χ4n) is 1.28. The maximum absolute atomic E-state index is 13.3. The van der Waals surface area contributed by atoms with Gasteiger partial charge in [0, 0.05) is 6.07 Å². The van der Waals surface area contributed by atoms with Gasteiger partial charge in [-0.25, -0.2) is 8.78 Å². The third kappa shape index (κ3) is 3.45. The van der Waals surface area contributed by atoms with Crippen LogP contribution in [0.1, 0.15) is 23.7 Å². The summed E-state index contributed by atoms with van der Waals surface area (Å²) in [5.41, 5.74) is 5.16. The molecule has 0 aromatic heterocycles. The van der Waals surface area contributed by atoms with Gasteiger partial charge in [-0.15, -0.1) is 0 Å². The number of nitrogens with one attached hydrogen (secondary N) is 1. The van der Waals surface area contributed by atoms with Crippen LogP contribution in [0.4, 0.5) is 8.78 Å². The summed E-state index contributed by atoms with van der Waals surface area (Å²) in [6.45, 7) is 1.78. The van der Waals surface area contributed by atoms with Crippen LogP contribution < -0.4 is 11.1 Å². The molecule has 0 radical (unpaired) electrons. The van der Waals surface area contributed by atoms with Gasteiger partial charge < -0.3 is 11.1 Å². The molecule has 0 spiro atoms. The molecule has 17 heavy (non-hydrogen) atoms. The molecule has 6 heteroatoms. The van der Waals surface area contributed by atoms with Crippen LogP contribution in [0.25, 0.3) is 0 Å². The van der Waals surface area contributed by atoms with E-state index in [4.69, 9.17) is 18.0 Å². The molecule has 0 saturated heterocycles. The summed E-state index contributed by atoms with van der Waals surface area (Å²) < 4.78 is 25.9. The van der Waals surface area contributed by atoms with Crippen molar-refractivity contribution in [2.24, 2.45) is 5.73 Å². The summed E-state index contributed by atoms with van der Waals surface area (Å²) in [6, 6.07) is 2.24. The van der Waals surface area contributed by atoms with Crippen molar-refractivity contribution in [2.45, 2.75) is 19.4 Å². The zero-order valence-corrected chi connectivity index (χ0v) is 9.98. The number of thiocarbonyl (C=S) groups is 1. The average molecular weight is 258 g/mol. The first-order chi connectivity index (χ1) is 7.95. The van der Waals surface area contributed by atoms with E-state index in [2.05, 4.69) is 5.32 Å². The van der Waals surface area contributed by atoms with Crippen LogP contribution in [0.2, 0.25) is 0 Å². The molecule has 1 rings (SSSR count). The van der Waals surface area contributed by atoms with Gasteiger partial charge in [0.25, 0.3) is 5.91 Å². The molecule has 0 heterocycles. The zero-order chi connectivity index (χ0) is 13.0. The highest BCUT2D eigenvalue weighted by Gasteiger charge is 2.17. The number of amides is 1. The van der Waals surface area contributed by atoms with Crippen molar-refractivity contribution in [3.05, 3.63) is 35.4 Å². The molecule has 0 aliphatic rings. The van der Waals surface area contributed by atoms with Gasteiger partial charge in [0.2, 0.25) is 0 Å². The summed E-state index contributed by atoms with van der Waals surface area (Å²) in [7, 11) is 0. The van der Waals surface area contributed by atoms with Crippen molar-refractivity contribution in [1.82, 2.24) is 5.32 Å². The first-order valence-electron chi connectivity index (χ1n) is 5.01. The van der Waals surface area contributed by atoms with Crippen LogP contribution in [0.5, 0.6) is 0 Å². The number of carbonyl (C=O) groups is 1. The van der Waals surface area contributed by atoms with Gasteiger partial charge in [-0.2, -0.15) is 0 Å². The molecule has 1 aromatic rings. The fraction of sp³-hybridized carbons (Fsp3) is 0.273. The molecular weight excluding hydrogens is 246 g/mol. The second-order valence-electron chi connectivity index (χ2n) is 3.46. The maximum Gasteiger partial charge on any atom is 0.254 e. The fourth-order valence-corrected chi connectivity index (χ4v) is 1.51. The van der Waals surface area contributed by atoms with Crippen molar-refractivity contribution < 1.29 is 13.6 Å². The van der Waals surface area contributed by atoms with Crippen molar-refractivity contribution in [3.63, 3.8) is 0 Å². The monoisotopic (exact) mass is 258 g/mol. The SMILES string of the molecule is CCC(NC(=O)c1ccc(F)cc1F)C(N)=S. The first-order valence-corrected chi connectivity index (χ1v) is 5.41. The van der Waals surface area contributed by atoms with Crippen LogP contribution in [0, 0.1) is 11.6 Å². The van der Waals surface area contributed by atoms with Crippen LogP contribution in [-0.2, 0) is 0 Å². The zero-order valence-electron chi connectivity index (χ0n) is 9.17. The minimum Gasteiger partial charge on any atom is -0.392 e. The van der Waals surface area contributed by atoms with E-state index in [9.17, 15) is 13.6 Å². The van der Waals surface area contributed by atoms with E-state index in [-0.39, 0.29) is 10.6 Å². The molecule has 3 N–H and O–H groups in total. The summed E-state index contributed by atoms with van der Waals surface area (Å²) in [5, 5.41) is 2.48. The average Bonchev–Trinajstić information content (AvgIpc) is 2.24. The molecule has 0 aliphatic carbocycles. The van der Waals surface area contributed by atoms with Crippen LogP contribution in [0.3, 0.4) is 0 Å². The van der Waals surface area contributed by atoms with Gasteiger partial charge in [-0.1, -0.05) is 19.1 Å². The van der Waals surface area contributed by atoms with Crippen molar-refractivity contribution in [2.75, 3.05) is 0 Å². The van der Waals surface area contributed by atoms with E-state index >= 15 is 0 Å². The molecule has 92 valence electrons. The van der Waals surface area contributed by atoms with E-state index in [0.717, 1.165) is 12.1 Å². The third-order valence-electron chi connectivity index (χ3n) is 2.23. The predicted molar refractivity (Wildman–Crippen MR) is 64.7 cm³/mol. The number of halogens is 2. The summed E-state index contributed by atoms with van der Waals surface area (Å²) in [4.78, 5) is 11.8. The molecule has 0 fully saturated rings. The lowest BCUT2D eigenvalue weighted by Crippen LogP contribution is -2.43. The number of carbonyl (C=O) groups excluding carboxylic acids is 1. The Labute approximate surface area is 103 Å². The Morgan fingerprint density at radius 3 is 2.65 bits per heavy atom. The highest BCUT2D eigenvalue weighted by molar-refractivity contribution is 7.80. The Bertz CT molecular complexity index is 451. The molecule has 1 aromatic carbocycles. The molecular formula is C11H12F2N2OS. The lowest BCUT2D eigenvalue weighted by molar-refractivity contribution is 0.0942. The van der Waals surface area contributed by atoms with E-state index in [1.165, 1.54) is 0 Å². The minimum atomic E-state index is -0.916. The summed E-state index contributed by atoms with van der Waals surface area (Å²) in [6.07, 6.45) is 0.504. The molecule has 3 nitrogen and oxygen atoms in total. The summed E-state index contributed by atoms with van der Waals surface area (Å²) >= 11 is 4.75. The van der Waals surface area contributed by atoms with Crippen LogP contribution >= 0.6 is 12.2 Å². The van der Waals surface area contributed by atoms with Crippen LogP contribution in [-0.4, -0.2) is 16.9 Å². The van der Waals surface area contributed by atoms with E-state index in [1.807, 2.05) is 0 Å². The number of nitrogens with two attached hydrogens (primary N) is 1. The van der Waals surface area contributed by atoms with Gasteiger partial charge in [0.05, 0.1) is 16.6 Å². The highest BCUT2D eigenvalue weighted by Crippen LogP contribution is 2.09. The normalized spacial score (nSPS) is 11.9. The Morgan fingerprint density at radius 2 is 2.18 bits per heavy atom. The van der Waals surface area contributed by atoms with Crippen LogP contribution in [0.15, 0.2) is 18.2 Å². The highest BCUT2D eigenvalue weighted by atomic mass is 32.1. The maximum atomic E-state index is 13.3. The van der Waals surface area contributed by atoms with Crippen molar-refractivity contribution in [1.29, 1.82) is 0 Å². The smallest absolute Gasteiger partial charge is 0.254 e. The van der Waals surface area contributed by atoms with Crippen molar-refractivity contribution >= 4 is 23.1 Å². The molecule has 1 atom stereocenters. The van der Waals surface area contributed by atoms with Crippen molar-refractivity contribution in [3.8, 4) is 0 Å². The van der Waals surface area contributed by atoms with E-state index in [0.29, 0.717) is 12.5 Å².